The Hall–Kier alpha value is -1.67. The third-order valence-corrected chi connectivity index (χ3v) is 4.40. The molecule has 23 heavy (non-hydrogen) atoms. The second kappa shape index (κ2) is 6.45. The highest BCUT2D eigenvalue weighted by molar-refractivity contribution is 7.99. The van der Waals surface area contributed by atoms with Crippen LogP contribution in [-0.4, -0.2) is 38.6 Å². The molecule has 126 valence electrons. The molecule has 0 aliphatic heterocycles. The summed E-state index contributed by atoms with van der Waals surface area (Å²) in [5.74, 6) is 1.27. The number of methoxy groups -OCH3 is 1. The maximum absolute atomic E-state index is 12.5. The SMILES string of the molecule is COCCSc1nc(C(C)(C)C)nc2c1c(=O)n(C)c(=O)n2C. The molecule has 0 radical (unpaired) electrons. The van der Waals surface area contributed by atoms with E-state index >= 15 is 0 Å². The molecule has 8 heteroatoms. The smallest absolute Gasteiger partial charge is 0.332 e. The van der Waals surface area contributed by atoms with E-state index in [0.717, 1.165) is 4.57 Å². The standard InChI is InChI=1S/C15H22N4O3S/c1-15(2,3)13-16-10-9(11(17-13)23-8-7-22-6)12(20)19(5)14(21)18(10)4/h7-8H2,1-6H3. The molecule has 2 rings (SSSR count). The summed E-state index contributed by atoms with van der Waals surface area (Å²) in [6.07, 6.45) is 0. The number of thioether (sulfide) groups is 1. The van der Waals surface area contributed by atoms with Crippen molar-refractivity contribution in [2.75, 3.05) is 19.5 Å². The van der Waals surface area contributed by atoms with Gasteiger partial charge in [-0.3, -0.25) is 13.9 Å². The van der Waals surface area contributed by atoms with E-state index in [0.29, 0.717) is 34.2 Å². The Morgan fingerprint density at radius 1 is 1.13 bits per heavy atom. The summed E-state index contributed by atoms with van der Waals surface area (Å²) in [4.78, 5) is 33.8. The first-order valence-corrected chi connectivity index (χ1v) is 8.27. The summed E-state index contributed by atoms with van der Waals surface area (Å²) >= 11 is 1.44. The van der Waals surface area contributed by atoms with Gasteiger partial charge in [-0.25, -0.2) is 14.8 Å². The van der Waals surface area contributed by atoms with Gasteiger partial charge in [0.15, 0.2) is 5.65 Å². The van der Waals surface area contributed by atoms with Gasteiger partial charge in [0.1, 0.15) is 16.2 Å². The Morgan fingerprint density at radius 3 is 2.35 bits per heavy atom. The van der Waals surface area contributed by atoms with Crippen molar-refractivity contribution >= 4 is 22.8 Å². The second-order valence-corrected chi connectivity index (χ2v) is 7.43. The molecule has 0 bridgehead atoms. The monoisotopic (exact) mass is 338 g/mol. The molecular formula is C15H22N4O3S. The third-order valence-electron chi connectivity index (χ3n) is 3.46. The van der Waals surface area contributed by atoms with Crippen molar-refractivity contribution in [2.24, 2.45) is 14.1 Å². The van der Waals surface area contributed by atoms with Crippen molar-refractivity contribution in [1.29, 1.82) is 0 Å². The zero-order valence-corrected chi connectivity index (χ0v) is 15.2. The molecule has 2 aromatic heterocycles. The van der Waals surface area contributed by atoms with Gasteiger partial charge in [-0.05, 0) is 0 Å². The number of rotatable bonds is 4. The summed E-state index contributed by atoms with van der Waals surface area (Å²) in [5, 5.41) is 0.969. The maximum atomic E-state index is 12.5. The predicted octanol–water partition coefficient (Wildman–Crippen LogP) is 1.06. The minimum Gasteiger partial charge on any atom is -0.384 e. The number of aromatic nitrogens is 4. The molecule has 0 amide bonds. The third kappa shape index (κ3) is 3.32. The van der Waals surface area contributed by atoms with E-state index < -0.39 is 5.69 Å². The van der Waals surface area contributed by atoms with E-state index in [1.807, 2.05) is 20.8 Å². The quantitative estimate of drug-likeness (QED) is 0.471. The lowest BCUT2D eigenvalue weighted by atomic mass is 9.96. The van der Waals surface area contributed by atoms with Crippen LogP contribution in [0.4, 0.5) is 0 Å². The number of aryl methyl sites for hydroxylation is 1. The van der Waals surface area contributed by atoms with Crippen LogP contribution < -0.4 is 11.2 Å². The van der Waals surface area contributed by atoms with Crippen LogP contribution in [0.25, 0.3) is 11.0 Å². The first kappa shape index (κ1) is 17.7. The molecule has 0 atom stereocenters. The van der Waals surface area contributed by atoms with E-state index in [1.54, 1.807) is 14.2 Å². The Bertz CT molecular complexity index is 849. The highest BCUT2D eigenvalue weighted by atomic mass is 32.2. The van der Waals surface area contributed by atoms with Crippen molar-refractivity contribution < 1.29 is 4.74 Å². The van der Waals surface area contributed by atoms with Crippen LogP contribution in [0.1, 0.15) is 26.6 Å². The van der Waals surface area contributed by atoms with Crippen molar-refractivity contribution in [3.63, 3.8) is 0 Å². The van der Waals surface area contributed by atoms with Crippen LogP contribution in [-0.2, 0) is 24.2 Å². The van der Waals surface area contributed by atoms with Gasteiger partial charge < -0.3 is 4.74 Å². The van der Waals surface area contributed by atoms with Gasteiger partial charge in [0, 0.05) is 32.4 Å². The summed E-state index contributed by atoms with van der Waals surface area (Å²) in [6.45, 7) is 6.54. The first-order valence-electron chi connectivity index (χ1n) is 7.28. The first-order chi connectivity index (χ1) is 10.7. The number of nitrogens with zero attached hydrogens (tertiary/aromatic N) is 4. The fraction of sp³-hybridized carbons (Fsp3) is 0.600. The average Bonchev–Trinajstić information content (AvgIpc) is 2.49. The zero-order chi connectivity index (χ0) is 17.4. The van der Waals surface area contributed by atoms with Gasteiger partial charge in [-0.2, -0.15) is 0 Å². The van der Waals surface area contributed by atoms with E-state index in [-0.39, 0.29) is 11.0 Å². The lowest BCUT2D eigenvalue weighted by Gasteiger charge is -2.19. The lowest BCUT2D eigenvalue weighted by molar-refractivity contribution is 0.218. The molecule has 0 fully saturated rings. The fourth-order valence-electron chi connectivity index (χ4n) is 2.09. The molecule has 0 spiro atoms. The summed E-state index contributed by atoms with van der Waals surface area (Å²) in [6, 6.07) is 0. The normalized spacial score (nSPS) is 12.1. The highest BCUT2D eigenvalue weighted by Crippen LogP contribution is 2.26. The van der Waals surface area contributed by atoms with Gasteiger partial charge in [-0.15, -0.1) is 11.8 Å². The molecule has 2 heterocycles. The minimum absolute atomic E-state index is 0.290. The van der Waals surface area contributed by atoms with Crippen LogP contribution in [0.15, 0.2) is 14.6 Å². The van der Waals surface area contributed by atoms with Gasteiger partial charge in [-0.1, -0.05) is 20.8 Å². The number of ether oxygens (including phenoxy) is 1. The van der Waals surface area contributed by atoms with Crippen LogP contribution in [0.3, 0.4) is 0 Å². The van der Waals surface area contributed by atoms with Gasteiger partial charge in [0.25, 0.3) is 5.56 Å². The number of fused-ring (bicyclic) bond motifs is 1. The van der Waals surface area contributed by atoms with Gasteiger partial charge in [0.2, 0.25) is 0 Å². The van der Waals surface area contributed by atoms with E-state index in [2.05, 4.69) is 9.97 Å². The Morgan fingerprint density at radius 2 is 1.78 bits per heavy atom. The fourth-order valence-corrected chi connectivity index (χ4v) is 3.01. The van der Waals surface area contributed by atoms with Gasteiger partial charge in [0.05, 0.1) is 6.61 Å². The molecule has 0 aliphatic rings. The van der Waals surface area contributed by atoms with Crippen molar-refractivity contribution in [2.45, 2.75) is 31.2 Å². The topological polar surface area (TPSA) is 79.0 Å². The molecule has 0 unspecified atom stereocenters. The highest BCUT2D eigenvalue weighted by Gasteiger charge is 2.23. The Balaban J connectivity index is 2.84. The molecule has 2 aromatic rings. The second-order valence-electron chi connectivity index (χ2n) is 6.35. The van der Waals surface area contributed by atoms with Gasteiger partial charge >= 0.3 is 5.69 Å². The minimum atomic E-state index is -0.395. The zero-order valence-electron chi connectivity index (χ0n) is 14.3. The molecule has 0 aromatic carbocycles. The molecule has 7 nitrogen and oxygen atoms in total. The number of hydrogen-bond donors (Lipinski definition) is 0. The maximum Gasteiger partial charge on any atom is 0.332 e. The van der Waals surface area contributed by atoms with Crippen LogP contribution in [0.5, 0.6) is 0 Å². The predicted molar refractivity (Wildman–Crippen MR) is 91.3 cm³/mol. The largest absolute Gasteiger partial charge is 0.384 e. The number of hydrogen-bond acceptors (Lipinski definition) is 6. The summed E-state index contributed by atoms with van der Waals surface area (Å²) in [7, 11) is 4.71. The molecule has 0 saturated carbocycles. The van der Waals surface area contributed by atoms with Crippen LogP contribution in [0.2, 0.25) is 0 Å². The van der Waals surface area contributed by atoms with Crippen LogP contribution >= 0.6 is 11.8 Å². The molecule has 0 saturated heterocycles. The molecule has 0 N–H and O–H groups in total. The lowest BCUT2D eigenvalue weighted by Crippen LogP contribution is -2.38. The molecular weight excluding hydrogens is 316 g/mol. The van der Waals surface area contributed by atoms with Crippen LogP contribution in [0, 0.1) is 0 Å². The Labute approximate surface area is 138 Å². The van der Waals surface area contributed by atoms with Crippen molar-refractivity contribution in [3.05, 3.63) is 26.7 Å². The summed E-state index contributed by atoms with van der Waals surface area (Å²) in [5.41, 5.74) is -0.683. The summed E-state index contributed by atoms with van der Waals surface area (Å²) < 4.78 is 7.55. The molecule has 0 aliphatic carbocycles. The average molecular weight is 338 g/mol. The van der Waals surface area contributed by atoms with E-state index in [1.165, 1.54) is 23.4 Å². The van der Waals surface area contributed by atoms with E-state index in [4.69, 9.17) is 4.74 Å². The van der Waals surface area contributed by atoms with E-state index in [9.17, 15) is 9.59 Å². The Kier molecular flexibility index (Phi) is 4.95. The van der Waals surface area contributed by atoms with Crippen molar-refractivity contribution in [3.8, 4) is 0 Å². The van der Waals surface area contributed by atoms with Crippen molar-refractivity contribution in [1.82, 2.24) is 19.1 Å².